The molecule has 4 rings (SSSR count). The van der Waals surface area contributed by atoms with Crippen molar-refractivity contribution in [2.24, 2.45) is 0 Å². The molecule has 0 bridgehead atoms. The van der Waals surface area contributed by atoms with Crippen LogP contribution in [0.3, 0.4) is 0 Å². The predicted molar refractivity (Wildman–Crippen MR) is 95.5 cm³/mol. The molecular formula is C18H16ClN5O. The number of fused-ring (bicyclic) bond motifs is 1. The minimum atomic E-state index is -0.0803. The van der Waals surface area contributed by atoms with Crippen molar-refractivity contribution >= 4 is 23.3 Å². The van der Waals surface area contributed by atoms with Crippen LogP contribution in [0.4, 0.5) is 5.82 Å². The van der Waals surface area contributed by atoms with Crippen molar-refractivity contribution < 1.29 is 4.79 Å². The van der Waals surface area contributed by atoms with E-state index in [0.29, 0.717) is 23.8 Å². The van der Waals surface area contributed by atoms with Gasteiger partial charge in [-0.3, -0.25) is 4.79 Å². The molecule has 2 aromatic heterocycles. The number of hydrogen-bond acceptors (Lipinski definition) is 4. The Balaban J connectivity index is 1.67. The molecule has 1 N–H and O–H groups in total. The lowest BCUT2D eigenvalue weighted by molar-refractivity contribution is -0.116. The molecule has 0 aliphatic carbocycles. The molecule has 0 spiro atoms. The summed E-state index contributed by atoms with van der Waals surface area (Å²) in [6.45, 7) is 2.70. The fraction of sp³-hybridized carbons (Fsp3) is 0.222. The Morgan fingerprint density at radius 1 is 1.20 bits per heavy atom. The smallest absolute Gasteiger partial charge is 0.226 e. The van der Waals surface area contributed by atoms with Gasteiger partial charge in [-0.2, -0.15) is 5.10 Å². The number of nitrogens with zero attached hydrogens (tertiary/aromatic N) is 4. The van der Waals surface area contributed by atoms with E-state index in [0.717, 1.165) is 22.5 Å². The lowest BCUT2D eigenvalue weighted by atomic mass is 9.89. The van der Waals surface area contributed by atoms with E-state index in [-0.39, 0.29) is 11.8 Å². The van der Waals surface area contributed by atoms with Gasteiger partial charge in [-0.15, -0.1) is 0 Å². The Kier molecular flexibility index (Phi) is 3.97. The summed E-state index contributed by atoms with van der Waals surface area (Å²) >= 11 is 5.91. The van der Waals surface area contributed by atoms with E-state index in [1.54, 1.807) is 17.1 Å². The monoisotopic (exact) mass is 353 g/mol. The molecule has 1 amide bonds. The fourth-order valence-electron chi connectivity index (χ4n) is 3.07. The molecular weight excluding hydrogens is 338 g/mol. The highest BCUT2D eigenvalue weighted by atomic mass is 35.5. The molecule has 0 fully saturated rings. The van der Waals surface area contributed by atoms with E-state index >= 15 is 0 Å². The Morgan fingerprint density at radius 2 is 1.92 bits per heavy atom. The van der Waals surface area contributed by atoms with Gasteiger partial charge in [0.15, 0.2) is 5.82 Å². The molecule has 126 valence electrons. The maximum atomic E-state index is 12.1. The number of amides is 1. The molecule has 0 saturated heterocycles. The van der Waals surface area contributed by atoms with Gasteiger partial charge in [-0.1, -0.05) is 11.6 Å². The van der Waals surface area contributed by atoms with Gasteiger partial charge >= 0.3 is 0 Å². The highest BCUT2D eigenvalue weighted by Gasteiger charge is 2.30. The summed E-state index contributed by atoms with van der Waals surface area (Å²) in [5.74, 6) is 1.30. The normalized spacial score (nSPS) is 16.4. The van der Waals surface area contributed by atoms with E-state index in [9.17, 15) is 4.79 Å². The van der Waals surface area contributed by atoms with Crippen molar-refractivity contribution in [1.29, 1.82) is 0 Å². The van der Waals surface area contributed by atoms with Gasteiger partial charge in [0.25, 0.3) is 0 Å². The molecule has 25 heavy (non-hydrogen) atoms. The van der Waals surface area contributed by atoms with Crippen LogP contribution >= 0.6 is 11.6 Å². The zero-order valence-electron chi connectivity index (χ0n) is 13.6. The van der Waals surface area contributed by atoms with Crippen LogP contribution in [-0.2, 0) is 11.3 Å². The van der Waals surface area contributed by atoms with Gasteiger partial charge in [-0.05, 0) is 36.8 Å². The Hall–Kier alpha value is -2.73. The molecule has 1 aliphatic heterocycles. The predicted octanol–water partition coefficient (Wildman–Crippen LogP) is 3.49. The Morgan fingerprint density at radius 3 is 2.60 bits per heavy atom. The first-order valence-electron chi connectivity index (χ1n) is 8.09. The minimum Gasteiger partial charge on any atom is -0.311 e. The molecule has 1 aromatic carbocycles. The van der Waals surface area contributed by atoms with Crippen LogP contribution in [0.1, 0.15) is 30.4 Å². The first-order chi connectivity index (χ1) is 12.2. The molecule has 7 heteroatoms. The van der Waals surface area contributed by atoms with Crippen molar-refractivity contribution in [3.05, 3.63) is 59.0 Å². The molecule has 3 aromatic rings. The molecule has 0 radical (unpaired) electrons. The van der Waals surface area contributed by atoms with E-state index in [2.05, 4.69) is 20.4 Å². The summed E-state index contributed by atoms with van der Waals surface area (Å²) in [5, 5.41) is 7.93. The molecule has 0 saturated carbocycles. The lowest BCUT2D eigenvalue weighted by Crippen LogP contribution is -2.24. The largest absolute Gasteiger partial charge is 0.311 e. The maximum Gasteiger partial charge on any atom is 0.226 e. The zero-order valence-corrected chi connectivity index (χ0v) is 14.4. The van der Waals surface area contributed by atoms with Gasteiger partial charge in [0, 0.05) is 47.4 Å². The van der Waals surface area contributed by atoms with E-state index in [4.69, 9.17) is 11.6 Å². The number of anilines is 1. The number of halogens is 1. The lowest BCUT2D eigenvalue weighted by Gasteiger charge is -2.23. The summed E-state index contributed by atoms with van der Waals surface area (Å²) in [6.07, 6.45) is 5.75. The zero-order chi connectivity index (χ0) is 17.4. The van der Waals surface area contributed by atoms with Crippen molar-refractivity contribution in [2.75, 3.05) is 5.32 Å². The number of carbonyl (C=O) groups excluding carboxylic acids is 1. The third-order valence-electron chi connectivity index (χ3n) is 4.37. The van der Waals surface area contributed by atoms with Crippen LogP contribution < -0.4 is 5.32 Å². The minimum absolute atomic E-state index is 0.0190. The van der Waals surface area contributed by atoms with Crippen LogP contribution in [0, 0.1) is 0 Å². The third-order valence-corrected chi connectivity index (χ3v) is 4.62. The topological polar surface area (TPSA) is 72.7 Å². The Labute approximate surface area is 149 Å². The first-order valence-corrected chi connectivity index (χ1v) is 8.47. The number of aromatic nitrogens is 4. The molecule has 1 unspecified atom stereocenters. The SMILES string of the molecule is CCn1ncc2c1NC(=O)CC2c1cnc(-c2ccc(Cl)cc2)nc1. The Bertz CT molecular complexity index is 918. The number of hydrogen-bond donors (Lipinski definition) is 1. The van der Waals surface area contributed by atoms with Crippen molar-refractivity contribution in [2.45, 2.75) is 25.8 Å². The summed E-state index contributed by atoms with van der Waals surface area (Å²) in [7, 11) is 0. The number of carbonyl (C=O) groups is 1. The average molecular weight is 354 g/mol. The van der Waals surface area contributed by atoms with Gasteiger partial charge in [0.2, 0.25) is 5.91 Å². The van der Waals surface area contributed by atoms with Crippen LogP contribution in [0.15, 0.2) is 42.9 Å². The number of rotatable bonds is 3. The van der Waals surface area contributed by atoms with Crippen LogP contribution in [0.5, 0.6) is 0 Å². The second-order valence-electron chi connectivity index (χ2n) is 5.92. The quantitative estimate of drug-likeness (QED) is 0.782. The van der Waals surface area contributed by atoms with E-state index in [1.165, 1.54) is 0 Å². The molecule has 3 heterocycles. The van der Waals surface area contributed by atoms with Crippen molar-refractivity contribution in [1.82, 2.24) is 19.7 Å². The van der Waals surface area contributed by atoms with Gasteiger partial charge in [0.05, 0.1) is 6.20 Å². The number of aryl methyl sites for hydroxylation is 1. The fourth-order valence-corrected chi connectivity index (χ4v) is 3.20. The summed E-state index contributed by atoms with van der Waals surface area (Å²) in [4.78, 5) is 21.0. The van der Waals surface area contributed by atoms with Crippen molar-refractivity contribution in [3.8, 4) is 11.4 Å². The summed E-state index contributed by atoms with van der Waals surface area (Å²) in [5.41, 5.74) is 2.81. The number of benzene rings is 1. The second-order valence-corrected chi connectivity index (χ2v) is 6.35. The van der Waals surface area contributed by atoms with Crippen molar-refractivity contribution in [3.63, 3.8) is 0 Å². The van der Waals surface area contributed by atoms with Crippen LogP contribution in [-0.4, -0.2) is 25.7 Å². The molecule has 1 aliphatic rings. The van der Waals surface area contributed by atoms with Crippen LogP contribution in [0.25, 0.3) is 11.4 Å². The number of nitrogens with one attached hydrogen (secondary N) is 1. The van der Waals surface area contributed by atoms with Gasteiger partial charge in [-0.25, -0.2) is 14.6 Å². The highest BCUT2D eigenvalue weighted by molar-refractivity contribution is 6.30. The third kappa shape index (κ3) is 2.89. The summed E-state index contributed by atoms with van der Waals surface area (Å²) in [6, 6.07) is 7.39. The van der Waals surface area contributed by atoms with E-state index in [1.807, 2.05) is 37.4 Å². The standard InChI is InChI=1S/C18H16ClN5O/c1-2-24-18-15(10-22-24)14(7-16(25)23-18)12-8-20-17(21-9-12)11-3-5-13(19)6-4-11/h3-6,8-10,14H,2,7H2,1H3,(H,23,25). The van der Waals surface area contributed by atoms with Gasteiger partial charge < -0.3 is 5.32 Å². The van der Waals surface area contributed by atoms with E-state index < -0.39 is 0 Å². The van der Waals surface area contributed by atoms with Crippen LogP contribution in [0.2, 0.25) is 5.02 Å². The van der Waals surface area contributed by atoms with Gasteiger partial charge in [0.1, 0.15) is 5.82 Å². The first kappa shape index (κ1) is 15.8. The maximum absolute atomic E-state index is 12.1. The molecule has 1 atom stereocenters. The second kappa shape index (κ2) is 6.29. The molecule has 6 nitrogen and oxygen atoms in total. The summed E-state index contributed by atoms with van der Waals surface area (Å²) < 4.78 is 1.79. The highest BCUT2D eigenvalue weighted by Crippen LogP contribution is 2.36. The average Bonchev–Trinajstić information content (AvgIpc) is 3.04.